The second-order valence-corrected chi connectivity index (χ2v) is 5.30. The Labute approximate surface area is 111 Å². The van der Waals surface area contributed by atoms with E-state index in [1.165, 1.54) is 4.88 Å². The average molecular weight is 260 g/mol. The van der Waals surface area contributed by atoms with Gasteiger partial charge < -0.3 is 4.90 Å². The number of hydrogen-bond acceptors (Lipinski definition) is 4. The second-order valence-electron chi connectivity index (χ2n) is 4.27. The lowest BCUT2D eigenvalue weighted by Crippen LogP contribution is -2.23. The number of aromatic nitrogens is 2. The van der Waals surface area contributed by atoms with Crippen molar-refractivity contribution in [1.82, 2.24) is 9.78 Å². The monoisotopic (exact) mass is 260 g/mol. The Balaban J connectivity index is 2.14. The van der Waals surface area contributed by atoms with Crippen LogP contribution in [0.2, 0.25) is 0 Å². The number of rotatable bonds is 4. The molecule has 18 heavy (non-hydrogen) atoms. The standard InChI is InChI=1S/C13H16N4S/c1-10-12(9-14)13(17(3)15-10)16(2)7-6-11-5-4-8-18-11/h4-5,8H,6-7H2,1-3H3. The van der Waals surface area contributed by atoms with Gasteiger partial charge in [0, 0.05) is 25.5 Å². The van der Waals surface area contributed by atoms with Crippen molar-refractivity contribution in [2.24, 2.45) is 7.05 Å². The number of anilines is 1. The predicted octanol–water partition coefficient (Wildman–Crippen LogP) is 2.34. The number of likely N-dealkylation sites (N-methyl/N-ethyl adjacent to an activating group) is 1. The normalized spacial score (nSPS) is 10.3. The van der Waals surface area contributed by atoms with Crippen molar-refractivity contribution in [3.8, 4) is 6.07 Å². The zero-order valence-electron chi connectivity index (χ0n) is 10.8. The molecule has 0 aliphatic heterocycles. The van der Waals surface area contributed by atoms with Crippen molar-refractivity contribution < 1.29 is 0 Å². The number of hydrogen-bond donors (Lipinski definition) is 0. The summed E-state index contributed by atoms with van der Waals surface area (Å²) >= 11 is 1.77. The van der Waals surface area contributed by atoms with Crippen LogP contribution in [0.15, 0.2) is 17.5 Å². The van der Waals surface area contributed by atoms with Crippen molar-refractivity contribution in [3.63, 3.8) is 0 Å². The summed E-state index contributed by atoms with van der Waals surface area (Å²) in [7, 11) is 3.88. The van der Waals surface area contributed by atoms with Crippen LogP contribution in [0, 0.1) is 18.3 Å². The SMILES string of the molecule is Cc1nn(C)c(N(C)CCc2cccs2)c1C#N. The largest absolute Gasteiger partial charge is 0.358 e. The van der Waals surface area contributed by atoms with Crippen LogP contribution in [-0.4, -0.2) is 23.4 Å². The third-order valence-corrected chi connectivity index (χ3v) is 3.88. The van der Waals surface area contributed by atoms with Gasteiger partial charge in [-0.25, -0.2) is 0 Å². The minimum absolute atomic E-state index is 0.672. The van der Waals surface area contributed by atoms with Crippen LogP contribution in [-0.2, 0) is 13.5 Å². The summed E-state index contributed by atoms with van der Waals surface area (Å²) < 4.78 is 1.78. The topological polar surface area (TPSA) is 44.9 Å². The van der Waals surface area contributed by atoms with Gasteiger partial charge in [-0.2, -0.15) is 10.4 Å². The maximum Gasteiger partial charge on any atom is 0.144 e. The Hall–Kier alpha value is -1.80. The summed E-state index contributed by atoms with van der Waals surface area (Å²) in [4.78, 5) is 3.46. The van der Waals surface area contributed by atoms with Gasteiger partial charge in [0.1, 0.15) is 17.5 Å². The first kappa shape index (κ1) is 12.7. The van der Waals surface area contributed by atoms with E-state index in [-0.39, 0.29) is 0 Å². The van der Waals surface area contributed by atoms with Crippen molar-refractivity contribution in [1.29, 1.82) is 5.26 Å². The number of nitrogens with zero attached hydrogens (tertiary/aromatic N) is 4. The van der Waals surface area contributed by atoms with E-state index < -0.39 is 0 Å². The first-order valence-corrected chi connectivity index (χ1v) is 6.68. The molecule has 0 saturated heterocycles. The number of thiophene rings is 1. The van der Waals surface area contributed by atoms with Crippen LogP contribution in [0.3, 0.4) is 0 Å². The van der Waals surface area contributed by atoms with Gasteiger partial charge in [0.2, 0.25) is 0 Å². The first-order valence-electron chi connectivity index (χ1n) is 5.80. The molecule has 0 aliphatic rings. The Bertz CT molecular complexity index is 563. The Morgan fingerprint density at radius 1 is 1.56 bits per heavy atom. The van der Waals surface area contributed by atoms with E-state index in [1.807, 2.05) is 21.0 Å². The van der Waals surface area contributed by atoms with Crippen molar-refractivity contribution in [2.75, 3.05) is 18.5 Å². The van der Waals surface area contributed by atoms with Crippen LogP contribution in [0.25, 0.3) is 0 Å². The number of nitriles is 1. The molecule has 0 bridgehead atoms. The Morgan fingerprint density at radius 3 is 2.94 bits per heavy atom. The lowest BCUT2D eigenvalue weighted by molar-refractivity contribution is 0.725. The van der Waals surface area contributed by atoms with E-state index in [0.717, 1.165) is 24.5 Å². The van der Waals surface area contributed by atoms with E-state index in [1.54, 1.807) is 16.0 Å². The molecule has 2 aromatic rings. The van der Waals surface area contributed by atoms with Gasteiger partial charge in [0.05, 0.1) is 5.69 Å². The molecule has 0 radical (unpaired) electrons. The maximum absolute atomic E-state index is 9.19. The molecule has 0 saturated carbocycles. The second kappa shape index (κ2) is 5.23. The van der Waals surface area contributed by atoms with Gasteiger partial charge in [-0.15, -0.1) is 11.3 Å². The molecule has 2 rings (SSSR count). The predicted molar refractivity (Wildman–Crippen MR) is 74.0 cm³/mol. The Kier molecular flexibility index (Phi) is 3.68. The maximum atomic E-state index is 9.19. The molecule has 5 heteroatoms. The third kappa shape index (κ3) is 2.39. The van der Waals surface area contributed by atoms with E-state index in [0.29, 0.717) is 5.56 Å². The molecule has 0 N–H and O–H groups in total. The number of aryl methyl sites for hydroxylation is 2. The highest BCUT2D eigenvalue weighted by molar-refractivity contribution is 7.09. The highest BCUT2D eigenvalue weighted by Gasteiger charge is 2.16. The van der Waals surface area contributed by atoms with Crippen LogP contribution < -0.4 is 4.90 Å². The summed E-state index contributed by atoms with van der Waals surface area (Å²) in [5.41, 5.74) is 1.46. The minimum Gasteiger partial charge on any atom is -0.358 e. The minimum atomic E-state index is 0.672. The molecular weight excluding hydrogens is 244 g/mol. The zero-order valence-corrected chi connectivity index (χ0v) is 11.7. The molecule has 0 amide bonds. The van der Waals surface area contributed by atoms with Gasteiger partial charge in [0.25, 0.3) is 0 Å². The average Bonchev–Trinajstić information content (AvgIpc) is 2.93. The smallest absolute Gasteiger partial charge is 0.144 e. The van der Waals surface area contributed by atoms with Crippen molar-refractivity contribution in [2.45, 2.75) is 13.3 Å². The third-order valence-electron chi connectivity index (χ3n) is 2.94. The van der Waals surface area contributed by atoms with Gasteiger partial charge in [-0.05, 0) is 24.8 Å². The Morgan fingerprint density at radius 2 is 2.33 bits per heavy atom. The molecule has 0 spiro atoms. The van der Waals surface area contributed by atoms with E-state index in [4.69, 9.17) is 0 Å². The van der Waals surface area contributed by atoms with Crippen molar-refractivity contribution >= 4 is 17.2 Å². The quantitative estimate of drug-likeness (QED) is 0.847. The van der Waals surface area contributed by atoms with Gasteiger partial charge in [-0.1, -0.05) is 6.07 Å². The molecule has 2 heterocycles. The van der Waals surface area contributed by atoms with Crippen LogP contribution >= 0.6 is 11.3 Å². The molecule has 0 unspecified atom stereocenters. The highest BCUT2D eigenvalue weighted by Crippen LogP contribution is 2.21. The molecule has 94 valence electrons. The first-order chi connectivity index (χ1) is 8.63. The van der Waals surface area contributed by atoms with Crippen LogP contribution in [0.4, 0.5) is 5.82 Å². The lowest BCUT2D eigenvalue weighted by atomic mass is 10.2. The molecule has 0 aliphatic carbocycles. The summed E-state index contributed by atoms with van der Waals surface area (Å²) in [6.07, 6.45) is 0.989. The molecule has 0 fully saturated rings. The summed E-state index contributed by atoms with van der Waals surface area (Å²) in [5, 5.41) is 15.6. The fraction of sp³-hybridized carbons (Fsp3) is 0.385. The van der Waals surface area contributed by atoms with Gasteiger partial charge >= 0.3 is 0 Å². The summed E-state index contributed by atoms with van der Waals surface area (Å²) in [6, 6.07) is 6.44. The van der Waals surface area contributed by atoms with Crippen LogP contribution in [0.5, 0.6) is 0 Å². The van der Waals surface area contributed by atoms with E-state index >= 15 is 0 Å². The van der Waals surface area contributed by atoms with Crippen LogP contribution in [0.1, 0.15) is 16.1 Å². The molecule has 2 aromatic heterocycles. The fourth-order valence-corrected chi connectivity index (χ4v) is 2.75. The summed E-state index contributed by atoms with van der Waals surface area (Å²) in [5.74, 6) is 0.895. The fourth-order valence-electron chi connectivity index (χ4n) is 2.05. The molecular formula is C13H16N4S. The van der Waals surface area contributed by atoms with Gasteiger partial charge in [0.15, 0.2) is 0 Å². The molecule has 4 nitrogen and oxygen atoms in total. The van der Waals surface area contributed by atoms with E-state index in [9.17, 15) is 5.26 Å². The summed E-state index contributed by atoms with van der Waals surface area (Å²) in [6.45, 7) is 2.75. The molecule has 0 aromatic carbocycles. The molecule has 0 atom stereocenters. The zero-order chi connectivity index (χ0) is 13.1. The van der Waals surface area contributed by atoms with E-state index in [2.05, 4.69) is 33.6 Å². The van der Waals surface area contributed by atoms with Crippen molar-refractivity contribution in [3.05, 3.63) is 33.6 Å². The highest BCUT2D eigenvalue weighted by atomic mass is 32.1. The lowest BCUT2D eigenvalue weighted by Gasteiger charge is -2.19. The van der Waals surface area contributed by atoms with Gasteiger partial charge in [-0.3, -0.25) is 4.68 Å².